The Hall–Kier alpha value is -3.08. The number of ether oxygens (including phenoxy) is 2. The molecule has 5 nitrogen and oxygen atoms in total. The number of anilines is 1. The Labute approximate surface area is 146 Å². The van der Waals surface area contributed by atoms with Gasteiger partial charge < -0.3 is 14.8 Å². The Bertz CT molecular complexity index is 798. The molecule has 0 radical (unpaired) electrons. The highest BCUT2D eigenvalue weighted by molar-refractivity contribution is 6.08. The van der Waals surface area contributed by atoms with E-state index in [1.54, 1.807) is 18.2 Å². The lowest BCUT2D eigenvalue weighted by Crippen LogP contribution is -2.24. The topological polar surface area (TPSA) is 64.6 Å². The van der Waals surface area contributed by atoms with Crippen LogP contribution in [0.2, 0.25) is 0 Å². The van der Waals surface area contributed by atoms with E-state index in [4.69, 9.17) is 9.47 Å². The molecular weight excluding hydrogens is 318 g/mol. The third kappa shape index (κ3) is 4.07. The fraction of sp³-hybridized carbons (Fsp3) is 0.200. The van der Waals surface area contributed by atoms with Crippen LogP contribution in [-0.2, 0) is 14.3 Å². The normalized spacial score (nSPS) is 16.6. The molecule has 128 valence electrons. The monoisotopic (exact) mass is 337 g/mol. The molecule has 0 spiro atoms. The Morgan fingerprint density at radius 3 is 2.64 bits per heavy atom. The van der Waals surface area contributed by atoms with Crippen molar-refractivity contribution >= 4 is 17.4 Å². The number of allylic oxidation sites excluding steroid dienone is 1. The van der Waals surface area contributed by atoms with Gasteiger partial charge in [-0.3, -0.25) is 9.59 Å². The first kappa shape index (κ1) is 16.8. The number of para-hydroxylation sites is 2. The molecule has 3 rings (SSSR count). The lowest BCUT2D eigenvalue weighted by atomic mass is 10.0. The standard InChI is InChI=1S/C20H19NO4/c1-2-24-17-11-7-6-10-16(17)21-20(23)19-13-15(22)12-18(25-19)14-8-4-3-5-9-14/h3-11,13,18H,2,12H2,1H3,(H,21,23)/t18-/m1/s1. The minimum absolute atomic E-state index is 0.0106. The van der Waals surface area contributed by atoms with Gasteiger partial charge in [-0.1, -0.05) is 42.5 Å². The lowest BCUT2D eigenvalue weighted by Gasteiger charge is -2.24. The molecular formula is C20H19NO4. The summed E-state index contributed by atoms with van der Waals surface area (Å²) in [4.78, 5) is 24.6. The molecule has 0 saturated heterocycles. The van der Waals surface area contributed by atoms with Crippen LogP contribution in [0.1, 0.15) is 25.0 Å². The van der Waals surface area contributed by atoms with Gasteiger partial charge in [-0.2, -0.15) is 0 Å². The molecule has 0 aromatic heterocycles. The first-order valence-corrected chi connectivity index (χ1v) is 8.16. The molecule has 0 aliphatic carbocycles. The number of hydrogen-bond acceptors (Lipinski definition) is 4. The van der Waals surface area contributed by atoms with Crippen LogP contribution in [0.4, 0.5) is 5.69 Å². The van der Waals surface area contributed by atoms with Crippen molar-refractivity contribution in [2.45, 2.75) is 19.4 Å². The fourth-order valence-electron chi connectivity index (χ4n) is 2.62. The molecule has 1 amide bonds. The summed E-state index contributed by atoms with van der Waals surface area (Å²) < 4.78 is 11.3. The molecule has 2 aromatic rings. The summed E-state index contributed by atoms with van der Waals surface area (Å²) in [5.74, 6) is -0.0263. The van der Waals surface area contributed by atoms with Crippen molar-refractivity contribution in [3.8, 4) is 5.75 Å². The van der Waals surface area contributed by atoms with E-state index in [2.05, 4.69) is 5.32 Å². The Kier molecular flexibility index (Phi) is 5.14. The molecule has 25 heavy (non-hydrogen) atoms. The Morgan fingerprint density at radius 2 is 1.88 bits per heavy atom. The summed E-state index contributed by atoms with van der Waals surface area (Å²) in [6.07, 6.45) is 1.01. The predicted molar refractivity (Wildman–Crippen MR) is 94.2 cm³/mol. The van der Waals surface area contributed by atoms with E-state index < -0.39 is 12.0 Å². The lowest BCUT2D eigenvalue weighted by molar-refractivity contribution is -0.124. The molecule has 0 fully saturated rings. The summed E-state index contributed by atoms with van der Waals surface area (Å²) in [5.41, 5.74) is 1.40. The van der Waals surface area contributed by atoms with E-state index in [9.17, 15) is 9.59 Å². The number of benzene rings is 2. The number of rotatable bonds is 5. The molecule has 0 bridgehead atoms. The highest BCUT2D eigenvalue weighted by Crippen LogP contribution is 2.30. The second kappa shape index (κ2) is 7.66. The summed E-state index contributed by atoms with van der Waals surface area (Å²) in [6, 6.07) is 16.5. The Balaban J connectivity index is 1.77. The third-order valence-corrected chi connectivity index (χ3v) is 3.78. The highest BCUT2D eigenvalue weighted by Gasteiger charge is 2.27. The van der Waals surface area contributed by atoms with Crippen LogP contribution < -0.4 is 10.1 Å². The van der Waals surface area contributed by atoms with Gasteiger partial charge in [-0.15, -0.1) is 0 Å². The van der Waals surface area contributed by atoms with Crippen molar-refractivity contribution in [2.24, 2.45) is 0 Å². The van der Waals surface area contributed by atoms with Crippen molar-refractivity contribution in [3.63, 3.8) is 0 Å². The zero-order valence-corrected chi connectivity index (χ0v) is 13.9. The second-order valence-corrected chi connectivity index (χ2v) is 5.58. The summed E-state index contributed by atoms with van der Waals surface area (Å²) in [7, 11) is 0. The van der Waals surface area contributed by atoms with Crippen LogP contribution in [0, 0.1) is 0 Å². The average Bonchev–Trinajstić information content (AvgIpc) is 2.64. The maximum absolute atomic E-state index is 12.5. The van der Waals surface area contributed by atoms with Crippen LogP contribution in [0.25, 0.3) is 0 Å². The van der Waals surface area contributed by atoms with Crippen LogP contribution in [-0.4, -0.2) is 18.3 Å². The number of carbonyl (C=O) groups excluding carboxylic acids is 2. The average molecular weight is 337 g/mol. The third-order valence-electron chi connectivity index (χ3n) is 3.78. The molecule has 1 heterocycles. The number of hydrogen-bond donors (Lipinski definition) is 1. The van der Waals surface area contributed by atoms with Gasteiger partial charge in [0, 0.05) is 6.08 Å². The molecule has 5 heteroatoms. The molecule has 1 atom stereocenters. The van der Waals surface area contributed by atoms with Gasteiger partial charge in [0.25, 0.3) is 5.91 Å². The molecule has 0 unspecified atom stereocenters. The van der Waals surface area contributed by atoms with Crippen molar-refractivity contribution in [3.05, 3.63) is 72.0 Å². The van der Waals surface area contributed by atoms with E-state index in [-0.39, 0.29) is 18.0 Å². The zero-order chi connectivity index (χ0) is 17.6. The molecule has 1 aliphatic rings. The second-order valence-electron chi connectivity index (χ2n) is 5.58. The largest absolute Gasteiger partial charge is 0.492 e. The van der Waals surface area contributed by atoms with Gasteiger partial charge in [0.15, 0.2) is 11.5 Å². The minimum atomic E-state index is -0.471. The van der Waals surface area contributed by atoms with Gasteiger partial charge >= 0.3 is 0 Å². The van der Waals surface area contributed by atoms with Gasteiger partial charge in [-0.05, 0) is 24.6 Å². The van der Waals surface area contributed by atoms with E-state index in [0.717, 1.165) is 5.56 Å². The van der Waals surface area contributed by atoms with Gasteiger partial charge in [-0.25, -0.2) is 0 Å². The maximum Gasteiger partial charge on any atom is 0.290 e. The molecule has 0 saturated carbocycles. The van der Waals surface area contributed by atoms with Crippen molar-refractivity contribution in [1.82, 2.24) is 0 Å². The fourth-order valence-corrected chi connectivity index (χ4v) is 2.62. The Morgan fingerprint density at radius 1 is 1.16 bits per heavy atom. The van der Waals surface area contributed by atoms with E-state index in [0.29, 0.717) is 18.0 Å². The van der Waals surface area contributed by atoms with Gasteiger partial charge in [0.1, 0.15) is 11.9 Å². The summed E-state index contributed by atoms with van der Waals surface area (Å²) >= 11 is 0. The van der Waals surface area contributed by atoms with Crippen molar-refractivity contribution in [1.29, 1.82) is 0 Å². The van der Waals surface area contributed by atoms with E-state index >= 15 is 0 Å². The number of ketones is 1. The predicted octanol–water partition coefficient (Wildman–Crippen LogP) is 3.64. The van der Waals surface area contributed by atoms with Gasteiger partial charge in [0.2, 0.25) is 0 Å². The maximum atomic E-state index is 12.5. The summed E-state index contributed by atoms with van der Waals surface area (Å²) in [5, 5.41) is 2.75. The number of amides is 1. The van der Waals surface area contributed by atoms with Crippen molar-refractivity contribution in [2.75, 3.05) is 11.9 Å². The van der Waals surface area contributed by atoms with E-state index in [1.807, 2.05) is 43.3 Å². The van der Waals surface area contributed by atoms with Crippen LogP contribution in [0.5, 0.6) is 5.75 Å². The van der Waals surface area contributed by atoms with Crippen LogP contribution in [0.3, 0.4) is 0 Å². The SMILES string of the molecule is CCOc1ccccc1NC(=O)C1=CC(=O)C[C@H](c2ccccc2)O1. The molecule has 1 aliphatic heterocycles. The first-order valence-electron chi connectivity index (χ1n) is 8.16. The van der Waals surface area contributed by atoms with Crippen LogP contribution in [0.15, 0.2) is 66.4 Å². The summed E-state index contributed by atoms with van der Waals surface area (Å²) in [6.45, 7) is 2.36. The van der Waals surface area contributed by atoms with Crippen LogP contribution >= 0.6 is 0 Å². The minimum Gasteiger partial charge on any atom is -0.492 e. The molecule has 2 aromatic carbocycles. The van der Waals surface area contributed by atoms with E-state index in [1.165, 1.54) is 6.08 Å². The smallest absolute Gasteiger partial charge is 0.290 e. The highest BCUT2D eigenvalue weighted by atomic mass is 16.5. The first-order chi connectivity index (χ1) is 12.2. The van der Waals surface area contributed by atoms with Crippen molar-refractivity contribution < 1.29 is 19.1 Å². The number of carbonyl (C=O) groups is 2. The zero-order valence-electron chi connectivity index (χ0n) is 13.9. The quantitative estimate of drug-likeness (QED) is 0.905. The number of nitrogens with one attached hydrogen (secondary N) is 1. The molecule has 1 N–H and O–H groups in total. The van der Waals surface area contributed by atoms with Gasteiger partial charge in [0.05, 0.1) is 18.7 Å².